The van der Waals surface area contributed by atoms with Gasteiger partial charge in [-0.3, -0.25) is 9.78 Å². The van der Waals surface area contributed by atoms with E-state index in [-0.39, 0.29) is 11.9 Å². The number of carbonyl (C=O) groups is 1. The third kappa shape index (κ3) is 2.79. The van der Waals surface area contributed by atoms with Crippen molar-refractivity contribution in [1.82, 2.24) is 9.55 Å². The lowest BCUT2D eigenvalue weighted by atomic mass is 10.2. The molecule has 3 rings (SSSR count). The van der Waals surface area contributed by atoms with Crippen molar-refractivity contribution in [2.45, 2.75) is 13.0 Å². The summed E-state index contributed by atoms with van der Waals surface area (Å²) in [6.07, 6.45) is 5.40. The van der Waals surface area contributed by atoms with E-state index in [1.54, 1.807) is 13.3 Å². The number of hydrogen-bond acceptors (Lipinski definition) is 3. The second-order valence-corrected chi connectivity index (χ2v) is 5.08. The van der Waals surface area contributed by atoms with Crippen molar-refractivity contribution in [2.75, 3.05) is 12.4 Å². The van der Waals surface area contributed by atoms with E-state index < -0.39 is 0 Å². The smallest absolute Gasteiger partial charge is 0.247 e. The standard InChI is InChI=1S/C17H17N3O2/c1-12(20-7-3-4-8-20)17(21)19-14-9-13-5-6-15(22-2)10-16(13)18-11-14/h3-12H,1-2H3,(H,19,21). The number of carbonyl (C=O) groups excluding carboxylic acids is 1. The Morgan fingerprint density at radius 1 is 1.27 bits per heavy atom. The summed E-state index contributed by atoms with van der Waals surface area (Å²) in [7, 11) is 1.62. The lowest BCUT2D eigenvalue weighted by Crippen LogP contribution is -2.22. The molecule has 0 fully saturated rings. The van der Waals surface area contributed by atoms with E-state index in [4.69, 9.17) is 4.74 Å². The zero-order valence-electron chi connectivity index (χ0n) is 12.5. The third-order valence-corrected chi connectivity index (χ3v) is 3.61. The molecule has 0 saturated carbocycles. The van der Waals surface area contributed by atoms with Crippen LogP contribution in [0, 0.1) is 0 Å². The summed E-state index contributed by atoms with van der Waals surface area (Å²) in [6.45, 7) is 1.86. The van der Waals surface area contributed by atoms with Gasteiger partial charge in [-0.05, 0) is 37.3 Å². The number of aromatic nitrogens is 2. The lowest BCUT2D eigenvalue weighted by Gasteiger charge is -2.14. The Morgan fingerprint density at radius 2 is 2.05 bits per heavy atom. The highest BCUT2D eigenvalue weighted by molar-refractivity contribution is 5.95. The van der Waals surface area contributed by atoms with Gasteiger partial charge >= 0.3 is 0 Å². The van der Waals surface area contributed by atoms with Gasteiger partial charge < -0.3 is 14.6 Å². The fourth-order valence-electron chi connectivity index (χ4n) is 2.28. The van der Waals surface area contributed by atoms with Crippen LogP contribution in [-0.4, -0.2) is 22.6 Å². The first kappa shape index (κ1) is 14.1. The largest absolute Gasteiger partial charge is 0.497 e. The number of anilines is 1. The number of methoxy groups -OCH3 is 1. The quantitative estimate of drug-likeness (QED) is 0.804. The molecule has 1 aromatic carbocycles. The maximum Gasteiger partial charge on any atom is 0.247 e. The molecule has 1 amide bonds. The van der Waals surface area contributed by atoms with Crippen LogP contribution in [0.15, 0.2) is 55.0 Å². The SMILES string of the molecule is COc1ccc2cc(NC(=O)C(C)n3cccc3)cnc2c1. The summed E-state index contributed by atoms with van der Waals surface area (Å²) in [5.41, 5.74) is 1.51. The maximum absolute atomic E-state index is 12.3. The minimum Gasteiger partial charge on any atom is -0.497 e. The minimum absolute atomic E-state index is 0.0779. The second kappa shape index (κ2) is 5.89. The predicted molar refractivity (Wildman–Crippen MR) is 86.1 cm³/mol. The van der Waals surface area contributed by atoms with E-state index >= 15 is 0 Å². The Bertz CT molecular complexity index is 797. The molecule has 2 heterocycles. The molecular weight excluding hydrogens is 278 g/mol. The zero-order valence-corrected chi connectivity index (χ0v) is 12.5. The Labute approximate surface area is 128 Å². The average Bonchev–Trinajstić information content (AvgIpc) is 3.08. The van der Waals surface area contributed by atoms with Gasteiger partial charge in [0.05, 0.1) is 24.5 Å². The summed E-state index contributed by atoms with van der Waals surface area (Å²) in [4.78, 5) is 16.6. The summed E-state index contributed by atoms with van der Waals surface area (Å²) < 4.78 is 7.03. The van der Waals surface area contributed by atoms with Gasteiger partial charge in [0, 0.05) is 23.8 Å². The van der Waals surface area contributed by atoms with Crippen LogP contribution in [-0.2, 0) is 4.79 Å². The molecule has 1 N–H and O–H groups in total. The molecule has 5 heteroatoms. The number of hydrogen-bond donors (Lipinski definition) is 1. The van der Waals surface area contributed by atoms with Gasteiger partial charge in [0.1, 0.15) is 11.8 Å². The monoisotopic (exact) mass is 295 g/mol. The Morgan fingerprint density at radius 3 is 2.77 bits per heavy atom. The van der Waals surface area contributed by atoms with E-state index in [1.165, 1.54) is 0 Å². The van der Waals surface area contributed by atoms with Crippen LogP contribution in [0.25, 0.3) is 10.9 Å². The van der Waals surface area contributed by atoms with Crippen molar-refractivity contribution in [3.8, 4) is 5.75 Å². The number of amides is 1. The van der Waals surface area contributed by atoms with Crippen molar-refractivity contribution >= 4 is 22.5 Å². The highest BCUT2D eigenvalue weighted by Crippen LogP contribution is 2.22. The number of ether oxygens (including phenoxy) is 1. The number of nitrogens with one attached hydrogen (secondary N) is 1. The predicted octanol–water partition coefficient (Wildman–Crippen LogP) is 3.24. The van der Waals surface area contributed by atoms with Gasteiger partial charge in [-0.25, -0.2) is 0 Å². The zero-order chi connectivity index (χ0) is 15.5. The molecule has 0 radical (unpaired) electrons. The van der Waals surface area contributed by atoms with Crippen LogP contribution in [0.1, 0.15) is 13.0 Å². The highest BCUT2D eigenvalue weighted by atomic mass is 16.5. The van der Waals surface area contributed by atoms with Gasteiger partial charge in [-0.15, -0.1) is 0 Å². The van der Waals surface area contributed by atoms with Crippen molar-refractivity contribution in [3.05, 3.63) is 55.0 Å². The van der Waals surface area contributed by atoms with Crippen molar-refractivity contribution < 1.29 is 9.53 Å². The van der Waals surface area contributed by atoms with Crippen LogP contribution in [0.4, 0.5) is 5.69 Å². The molecule has 0 spiro atoms. The molecular formula is C17H17N3O2. The molecule has 0 bridgehead atoms. The molecule has 3 aromatic rings. The maximum atomic E-state index is 12.3. The van der Waals surface area contributed by atoms with Crippen molar-refractivity contribution in [2.24, 2.45) is 0 Å². The van der Waals surface area contributed by atoms with Crippen molar-refractivity contribution in [3.63, 3.8) is 0 Å². The van der Waals surface area contributed by atoms with Crippen LogP contribution in [0.2, 0.25) is 0 Å². The molecule has 0 saturated heterocycles. The highest BCUT2D eigenvalue weighted by Gasteiger charge is 2.14. The molecule has 1 atom stereocenters. The molecule has 1 unspecified atom stereocenters. The first-order valence-corrected chi connectivity index (χ1v) is 7.04. The topological polar surface area (TPSA) is 56.1 Å². The van der Waals surface area contributed by atoms with Gasteiger partial charge in [0.15, 0.2) is 0 Å². The second-order valence-electron chi connectivity index (χ2n) is 5.08. The molecule has 112 valence electrons. The normalized spacial score (nSPS) is 12.1. The molecule has 2 aromatic heterocycles. The van der Waals surface area contributed by atoms with Gasteiger partial charge in [-0.1, -0.05) is 0 Å². The summed E-state index contributed by atoms with van der Waals surface area (Å²) in [6, 6.07) is 11.1. The fourth-order valence-corrected chi connectivity index (χ4v) is 2.28. The lowest BCUT2D eigenvalue weighted by molar-refractivity contribution is -0.118. The van der Waals surface area contributed by atoms with Gasteiger partial charge in [0.2, 0.25) is 5.91 Å². The number of pyridine rings is 1. The number of rotatable bonds is 4. The summed E-state index contributed by atoms with van der Waals surface area (Å²) >= 11 is 0. The van der Waals surface area contributed by atoms with Crippen molar-refractivity contribution in [1.29, 1.82) is 0 Å². The van der Waals surface area contributed by atoms with Crippen LogP contribution < -0.4 is 10.1 Å². The first-order valence-electron chi connectivity index (χ1n) is 7.04. The Kier molecular flexibility index (Phi) is 3.78. The Hall–Kier alpha value is -2.82. The van der Waals surface area contributed by atoms with Gasteiger partial charge in [-0.2, -0.15) is 0 Å². The number of fused-ring (bicyclic) bond motifs is 1. The van der Waals surface area contributed by atoms with E-state index in [9.17, 15) is 4.79 Å². The number of benzene rings is 1. The molecule has 5 nitrogen and oxygen atoms in total. The van der Waals surface area contributed by atoms with E-state index in [0.717, 1.165) is 16.7 Å². The van der Waals surface area contributed by atoms with Crippen LogP contribution in [0.5, 0.6) is 5.75 Å². The van der Waals surface area contributed by atoms with E-state index in [2.05, 4.69) is 10.3 Å². The van der Waals surface area contributed by atoms with Gasteiger partial charge in [0.25, 0.3) is 0 Å². The van der Waals surface area contributed by atoms with E-state index in [1.807, 2.05) is 60.3 Å². The van der Waals surface area contributed by atoms with E-state index in [0.29, 0.717) is 5.69 Å². The molecule has 0 aliphatic rings. The Balaban J connectivity index is 1.80. The first-order chi connectivity index (χ1) is 10.7. The third-order valence-electron chi connectivity index (χ3n) is 3.61. The van der Waals surface area contributed by atoms with Crippen LogP contribution in [0.3, 0.4) is 0 Å². The fraction of sp³-hybridized carbons (Fsp3) is 0.176. The minimum atomic E-state index is -0.276. The molecule has 22 heavy (non-hydrogen) atoms. The summed E-state index contributed by atoms with van der Waals surface area (Å²) in [5.74, 6) is 0.684. The summed E-state index contributed by atoms with van der Waals surface area (Å²) in [5, 5.41) is 3.85. The van der Waals surface area contributed by atoms with Crippen LogP contribution >= 0.6 is 0 Å². The number of nitrogens with zero attached hydrogens (tertiary/aromatic N) is 2. The average molecular weight is 295 g/mol. The molecule has 0 aliphatic carbocycles. The molecule has 0 aliphatic heterocycles.